The molecule has 1 amide bonds. The van der Waals surface area contributed by atoms with Crippen molar-refractivity contribution in [3.05, 3.63) is 35.9 Å². The molecule has 1 aromatic carbocycles. The first-order valence-electron chi connectivity index (χ1n) is 7.62. The second-order valence-electron chi connectivity index (χ2n) is 6.35. The quantitative estimate of drug-likeness (QED) is 0.809. The number of hydrogen-bond donors (Lipinski definition) is 2. The van der Waals surface area contributed by atoms with Gasteiger partial charge in [-0.3, -0.25) is 4.79 Å². The summed E-state index contributed by atoms with van der Waals surface area (Å²) in [6.45, 7) is 3.20. The summed E-state index contributed by atoms with van der Waals surface area (Å²) in [7, 11) is 1.72. The Labute approximate surface area is 139 Å². The van der Waals surface area contributed by atoms with E-state index in [9.17, 15) is 4.79 Å². The topological polar surface area (TPSA) is 64.3 Å². The van der Waals surface area contributed by atoms with E-state index in [4.69, 9.17) is 10.5 Å². The minimum atomic E-state index is -0.993. The van der Waals surface area contributed by atoms with Crippen LogP contribution in [0.15, 0.2) is 30.3 Å². The predicted octanol–water partition coefficient (Wildman–Crippen LogP) is 2.61. The lowest BCUT2D eigenvalue weighted by Gasteiger charge is -2.42. The fraction of sp³-hybridized carbons (Fsp3) is 0.588. The normalized spacial score (nSPS) is 18.5. The molecule has 1 aliphatic carbocycles. The number of rotatable bonds is 7. The van der Waals surface area contributed by atoms with E-state index >= 15 is 0 Å². The number of hydrogen-bond acceptors (Lipinski definition) is 3. The monoisotopic (exact) mass is 326 g/mol. The summed E-state index contributed by atoms with van der Waals surface area (Å²) in [5.41, 5.74) is 6.28. The van der Waals surface area contributed by atoms with Gasteiger partial charge in [-0.1, -0.05) is 36.8 Å². The van der Waals surface area contributed by atoms with Crippen LogP contribution in [-0.4, -0.2) is 26.2 Å². The van der Waals surface area contributed by atoms with Crippen LogP contribution in [0.1, 0.15) is 38.2 Å². The summed E-state index contributed by atoms with van der Waals surface area (Å²) in [4.78, 5) is 12.5. The van der Waals surface area contributed by atoms with Crippen LogP contribution in [0.5, 0.6) is 0 Å². The minimum absolute atomic E-state index is 0. The number of ether oxygens (including phenoxy) is 1. The van der Waals surface area contributed by atoms with Crippen LogP contribution >= 0.6 is 12.4 Å². The predicted molar refractivity (Wildman–Crippen MR) is 91.0 cm³/mol. The first kappa shape index (κ1) is 18.9. The van der Waals surface area contributed by atoms with Crippen molar-refractivity contribution in [3.8, 4) is 0 Å². The van der Waals surface area contributed by atoms with Gasteiger partial charge in [0.25, 0.3) is 0 Å². The third-order valence-electron chi connectivity index (χ3n) is 4.72. The molecule has 1 saturated carbocycles. The zero-order valence-electron chi connectivity index (χ0n) is 13.4. The first-order valence-corrected chi connectivity index (χ1v) is 7.62. The number of methoxy groups -OCH3 is 1. The third-order valence-corrected chi connectivity index (χ3v) is 4.72. The number of nitrogens with one attached hydrogen (secondary N) is 1. The molecule has 3 N–H and O–H groups in total. The van der Waals surface area contributed by atoms with E-state index in [0.717, 1.165) is 31.4 Å². The second kappa shape index (κ2) is 7.95. The highest BCUT2D eigenvalue weighted by Crippen LogP contribution is 2.43. The zero-order chi connectivity index (χ0) is 15.3. The highest BCUT2D eigenvalue weighted by molar-refractivity contribution is 5.87. The van der Waals surface area contributed by atoms with Crippen molar-refractivity contribution in [1.82, 2.24) is 5.32 Å². The molecule has 1 aliphatic rings. The molecule has 124 valence electrons. The Morgan fingerprint density at radius 3 is 2.50 bits per heavy atom. The lowest BCUT2D eigenvalue weighted by atomic mass is 9.66. The van der Waals surface area contributed by atoms with Crippen LogP contribution in [0.25, 0.3) is 0 Å². The fourth-order valence-electron chi connectivity index (χ4n) is 2.88. The SMILES string of the molecule is COCCC1(CNC(=O)C(C)(N)c2ccccc2)CCC1.Cl. The molecule has 2 rings (SSSR count). The molecule has 0 saturated heterocycles. The van der Waals surface area contributed by atoms with Crippen molar-refractivity contribution in [1.29, 1.82) is 0 Å². The van der Waals surface area contributed by atoms with Crippen molar-refractivity contribution in [3.63, 3.8) is 0 Å². The highest BCUT2D eigenvalue weighted by atomic mass is 35.5. The molecule has 5 heteroatoms. The Kier molecular flexibility index (Phi) is 6.85. The van der Waals surface area contributed by atoms with Crippen molar-refractivity contribution in [2.24, 2.45) is 11.1 Å². The number of amides is 1. The molecule has 0 bridgehead atoms. The van der Waals surface area contributed by atoms with Crippen LogP contribution in [-0.2, 0) is 15.1 Å². The number of carbonyl (C=O) groups excluding carboxylic acids is 1. The van der Waals surface area contributed by atoms with Crippen LogP contribution in [0.2, 0.25) is 0 Å². The van der Waals surface area contributed by atoms with E-state index in [-0.39, 0.29) is 23.7 Å². The van der Waals surface area contributed by atoms with Gasteiger partial charge in [0, 0.05) is 20.3 Å². The Bertz CT molecular complexity index is 473. The lowest BCUT2D eigenvalue weighted by molar-refractivity contribution is -0.127. The molecule has 1 atom stereocenters. The van der Waals surface area contributed by atoms with Crippen molar-refractivity contribution in [2.75, 3.05) is 20.3 Å². The Morgan fingerprint density at radius 1 is 1.36 bits per heavy atom. The summed E-state index contributed by atoms with van der Waals surface area (Å²) in [5, 5.41) is 3.05. The summed E-state index contributed by atoms with van der Waals surface area (Å²) in [5.74, 6) is -0.114. The van der Waals surface area contributed by atoms with Gasteiger partial charge in [0.15, 0.2) is 0 Å². The van der Waals surface area contributed by atoms with Crippen molar-refractivity contribution in [2.45, 2.75) is 38.1 Å². The number of nitrogens with two attached hydrogens (primary N) is 1. The van der Waals surface area contributed by atoms with E-state index in [1.54, 1.807) is 14.0 Å². The Hall–Kier alpha value is -1.10. The summed E-state index contributed by atoms with van der Waals surface area (Å²) in [6.07, 6.45) is 4.54. The molecule has 4 nitrogen and oxygen atoms in total. The van der Waals surface area contributed by atoms with Gasteiger partial charge >= 0.3 is 0 Å². The van der Waals surface area contributed by atoms with Gasteiger partial charge in [-0.05, 0) is 37.2 Å². The number of benzene rings is 1. The van der Waals surface area contributed by atoms with Crippen molar-refractivity contribution < 1.29 is 9.53 Å². The van der Waals surface area contributed by atoms with Crippen LogP contribution in [0.3, 0.4) is 0 Å². The molecule has 1 aromatic rings. The maximum absolute atomic E-state index is 12.5. The molecular formula is C17H27ClN2O2. The molecule has 1 unspecified atom stereocenters. The number of halogens is 1. The Balaban J connectivity index is 0.00000242. The van der Waals surface area contributed by atoms with Gasteiger partial charge in [-0.15, -0.1) is 12.4 Å². The van der Waals surface area contributed by atoms with E-state index in [2.05, 4.69) is 5.32 Å². The summed E-state index contributed by atoms with van der Waals surface area (Å²) in [6, 6.07) is 9.51. The zero-order valence-corrected chi connectivity index (χ0v) is 14.2. The van der Waals surface area contributed by atoms with E-state index in [1.807, 2.05) is 30.3 Å². The molecule has 1 fully saturated rings. The molecular weight excluding hydrogens is 300 g/mol. The van der Waals surface area contributed by atoms with E-state index < -0.39 is 5.54 Å². The highest BCUT2D eigenvalue weighted by Gasteiger charge is 2.38. The summed E-state index contributed by atoms with van der Waals surface area (Å²) >= 11 is 0. The fourth-order valence-corrected chi connectivity index (χ4v) is 2.88. The Morgan fingerprint density at radius 2 is 2.00 bits per heavy atom. The van der Waals surface area contributed by atoms with Crippen molar-refractivity contribution >= 4 is 18.3 Å². The molecule has 0 aliphatic heterocycles. The van der Waals surface area contributed by atoms with Gasteiger partial charge in [0.1, 0.15) is 5.54 Å². The minimum Gasteiger partial charge on any atom is -0.385 e. The van der Waals surface area contributed by atoms with Gasteiger partial charge in [-0.25, -0.2) is 0 Å². The standard InChI is InChI=1S/C17H26N2O2.ClH/c1-16(18,14-7-4-3-5-8-14)15(20)19-13-17(9-6-10-17)11-12-21-2;/h3-5,7-8H,6,9-13,18H2,1-2H3,(H,19,20);1H. The van der Waals surface area contributed by atoms with Gasteiger partial charge in [-0.2, -0.15) is 0 Å². The average molecular weight is 327 g/mol. The van der Waals surface area contributed by atoms with Gasteiger partial charge < -0.3 is 15.8 Å². The van der Waals surface area contributed by atoms with Gasteiger partial charge in [0.2, 0.25) is 5.91 Å². The largest absolute Gasteiger partial charge is 0.385 e. The van der Waals surface area contributed by atoms with Crippen LogP contribution < -0.4 is 11.1 Å². The molecule has 22 heavy (non-hydrogen) atoms. The summed E-state index contributed by atoms with van der Waals surface area (Å²) < 4.78 is 5.18. The van der Waals surface area contributed by atoms with Crippen LogP contribution in [0.4, 0.5) is 0 Å². The number of carbonyl (C=O) groups is 1. The third kappa shape index (κ3) is 4.22. The maximum Gasteiger partial charge on any atom is 0.244 e. The van der Waals surface area contributed by atoms with Crippen LogP contribution in [0, 0.1) is 5.41 Å². The molecule has 0 radical (unpaired) electrons. The molecule has 0 heterocycles. The first-order chi connectivity index (χ1) is 10.0. The smallest absolute Gasteiger partial charge is 0.244 e. The molecule has 0 aromatic heterocycles. The molecule has 0 spiro atoms. The van der Waals surface area contributed by atoms with E-state index in [0.29, 0.717) is 6.54 Å². The van der Waals surface area contributed by atoms with E-state index in [1.165, 1.54) is 6.42 Å². The van der Waals surface area contributed by atoms with Gasteiger partial charge in [0.05, 0.1) is 0 Å². The maximum atomic E-state index is 12.5. The second-order valence-corrected chi connectivity index (χ2v) is 6.35. The average Bonchev–Trinajstić information content (AvgIpc) is 2.46. The lowest BCUT2D eigenvalue weighted by Crippen LogP contribution is -2.52.